The van der Waals surface area contributed by atoms with Crippen molar-refractivity contribution in [3.63, 3.8) is 0 Å². The minimum Gasteiger partial charge on any atom is -0.266 e. The summed E-state index contributed by atoms with van der Waals surface area (Å²) < 4.78 is 1.18. The normalized spacial score (nSPS) is 10.8. The third-order valence-electron chi connectivity index (χ3n) is 2.95. The van der Waals surface area contributed by atoms with Crippen LogP contribution in [0.2, 0.25) is 10.0 Å². The van der Waals surface area contributed by atoms with Crippen LogP contribution in [0.3, 0.4) is 0 Å². The minimum absolute atomic E-state index is 0.0833. The van der Waals surface area contributed by atoms with Crippen molar-refractivity contribution in [3.05, 3.63) is 67.0 Å². The highest BCUT2D eigenvalue weighted by Crippen LogP contribution is 2.19. The van der Waals surface area contributed by atoms with Gasteiger partial charge in [-0.25, -0.2) is 4.68 Å². The molecule has 0 amide bonds. The Morgan fingerprint density at radius 2 is 2.00 bits per heavy atom. The van der Waals surface area contributed by atoms with Gasteiger partial charge in [0.1, 0.15) is 11.6 Å². The molecule has 1 heterocycles. The molecule has 0 atom stereocenters. The lowest BCUT2D eigenvalue weighted by Crippen LogP contribution is -2.22. The third kappa shape index (κ3) is 3.15. The summed E-state index contributed by atoms with van der Waals surface area (Å²) in [5, 5.41) is 14.1. The number of pyridine rings is 1. The van der Waals surface area contributed by atoms with E-state index in [9.17, 15) is 4.79 Å². The van der Waals surface area contributed by atoms with Gasteiger partial charge in [-0.3, -0.25) is 4.79 Å². The number of nitriles is 1. The maximum atomic E-state index is 12.2. The van der Waals surface area contributed by atoms with Crippen molar-refractivity contribution in [2.24, 2.45) is 5.10 Å². The first kappa shape index (κ1) is 15.3. The summed E-state index contributed by atoms with van der Waals surface area (Å²) in [4.78, 5) is 12.2. The van der Waals surface area contributed by atoms with E-state index in [0.29, 0.717) is 26.9 Å². The van der Waals surface area contributed by atoms with E-state index in [0.717, 1.165) is 0 Å². The molecule has 0 N–H and O–H groups in total. The second kappa shape index (κ2) is 6.13. The average Bonchev–Trinajstić information content (AvgIpc) is 2.40. The Balaban J connectivity index is 2.52. The molecule has 0 aliphatic carbocycles. The molecule has 0 unspecified atom stereocenters. The van der Waals surface area contributed by atoms with E-state index < -0.39 is 5.56 Å². The quantitative estimate of drug-likeness (QED) is 0.795. The average molecular weight is 320 g/mol. The number of nitrogens with zero attached hydrogens (tertiary/aromatic N) is 3. The Labute approximate surface area is 131 Å². The van der Waals surface area contributed by atoms with Gasteiger partial charge in [0, 0.05) is 16.3 Å². The van der Waals surface area contributed by atoms with Gasteiger partial charge < -0.3 is 0 Å². The van der Waals surface area contributed by atoms with Gasteiger partial charge in [-0.05, 0) is 37.6 Å². The van der Waals surface area contributed by atoms with Gasteiger partial charge in [-0.1, -0.05) is 29.3 Å². The predicted molar refractivity (Wildman–Crippen MR) is 84.3 cm³/mol. The molecular weight excluding hydrogens is 309 g/mol. The van der Waals surface area contributed by atoms with Crippen LogP contribution in [0.15, 0.2) is 34.2 Å². The van der Waals surface area contributed by atoms with Crippen LogP contribution in [0, 0.1) is 25.2 Å². The van der Waals surface area contributed by atoms with Crippen molar-refractivity contribution >= 4 is 29.4 Å². The Morgan fingerprint density at radius 3 is 2.62 bits per heavy atom. The van der Waals surface area contributed by atoms with E-state index >= 15 is 0 Å². The van der Waals surface area contributed by atoms with Crippen LogP contribution in [-0.4, -0.2) is 10.9 Å². The van der Waals surface area contributed by atoms with E-state index in [1.54, 1.807) is 38.1 Å². The highest BCUT2D eigenvalue weighted by molar-refractivity contribution is 6.36. The summed E-state index contributed by atoms with van der Waals surface area (Å²) in [5.74, 6) is 0. The Hall–Kier alpha value is -2.09. The van der Waals surface area contributed by atoms with Crippen molar-refractivity contribution in [2.75, 3.05) is 0 Å². The SMILES string of the molecule is Cc1cc(C)n(/N=C/c2ccc(Cl)cc2Cl)c(=O)c1C#N. The van der Waals surface area contributed by atoms with E-state index in [1.807, 2.05) is 6.07 Å². The van der Waals surface area contributed by atoms with Crippen LogP contribution < -0.4 is 5.56 Å². The lowest BCUT2D eigenvalue weighted by atomic mass is 10.1. The van der Waals surface area contributed by atoms with Gasteiger partial charge in [0.05, 0.1) is 11.2 Å². The van der Waals surface area contributed by atoms with Gasteiger partial charge in [0.2, 0.25) is 0 Å². The number of hydrogen-bond acceptors (Lipinski definition) is 3. The third-order valence-corrected chi connectivity index (χ3v) is 3.51. The maximum absolute atomic E-state index is 12.2. The standard InChI is InChI=1S/C15H11Cl2N3O/c1-9-5-10(2)20(15(21)13(9)7-18)19-8-11-3-4-12(16)6-14(11)17/h3-6,8H,1-2H3/b19-8+. The first-order chi connectivity index (χ1) is 9.93. The molecule has 0 saturated carbocycles. The second-order valence-electron chi connectivity index (χ2n) is 4.48. The molecule has 0 spiro atoms. The number of rotatable bonds is 2. The molecule has 1 aromatic carbocycles. The van der Waals surface area contributed by atoms with Gasteiger partial charge in [-0.2, -0.15) is 10.4 Å². The smallest absolute Gasteiger partial charge is 0.266 e. The number of aryl methyl sites for hydroxylation is 2. The highest BCUT2D eigenvalue weighted by atomic mass is 35.5. The zero-order valence-corrected chi connectivity index (χ0v) is 12.9. The molecule has 4 nitrogen and oxygen atoms in total. The number of benzene rings is 1. The molecule has 6 heteroatoms. The van der Waals surface area contributed by atoms with Crippen molar-refractivity contribution in [1.29, 1.82) is 5.26 Å². The monoisotopic (exact) mass is 319 g/mol. The van der Waals surface area contributed by atoms with Crippen LogP contribution in [0.4, 0.5) is 0 Å². The van der Waals surface area contributed by atoms with Crippen LogP contribution in [0.25, 0.3) is 0 Å². The Morgan fingerprint density at radius 1 is 1.29 bits per heavy atom. The highest BCUT2D eigenvalue weighted by Gasteiger charge is 2.09. The van der Waals surface area contributed by atoms with Crippen LogP contribution in [-0.2, 0) is 0 Å². The van der Waals surface area contributed by atoms with Crippen molar-refractivity contribution in [1.82, 2.24) is 4.68 Å². The van der Waals surface area contributed by atoms with Crippen molar-refractivity contribution in [2.45, 2.75) is 13.8 Å². The van der Waals surface area contributed by atoms with E-state index in [2.05, 4.69) is 5.10 Å². The molecule has 0 aliphatic heterocycles. The largest absolute Gasteiger partial charge is 0.289 e. The van der Waals surface area contributed by atoms with Gasteiger partial charge in [0.15, 0.2) is 0 Å². The first-order valence-electron chi connectivity index (χ1n) is 6.07. The van der Waals surface area contributed by atoms with E-state index in [4.69, 9.17) is 28.5 Å². The lowest BCUT2D eigenvalue weighted by Gasteiger charge is -2.06. The van der Waals surface area contributed by atoms with Gasteiger partial charge in [0.25, 0.3) is 5.56 Å². The van der Waals surface area contributed by atoms with Gasteiger partial charge >= 0.3 is 0 Å². The maximum Gasteiger partial charge on any atom is 0.289 e. The molecule has 0 saturated heterocycles. The molecule has 0 radical (unpaired) electrons. The first-order valence-corrected chi connectivity index (χ1v) is 6.82. The fraction of sp³-hybridized carbons (Fsp3) is 0.133. The predicted octanol–water partition coefficient (Wildman–Crippen LogP) is 3.53. The summed E-state index contributed by atoms with van der Waals surface area (Å²) in [6, 6.07) is 8.61. The summed E-state index contributed by atoms with van der Waals surface area (Å²) in [5.41, 5.74) is 1.54. The second-order valence-corrected chi connectivity index (χ2v) is 5.33. The topological polar surface area (TPSA) is 58.1 Å². The van der Waals surface area contributed by atoms with Crippen LogP contribution in [0.1, 0.15) is 22.4 Å². The molecule has 2 aromatic rings. The lowest BCUT2D eigenvalue weighted by molar-refractivity contribution is 0.786. The molecule has 0 aliphatic rings. The number of halogens is 2. The zero-order valence-electron chi connectivity index (χ0n) is 11.4. The van der Waals surface area contributed by atoms with Crippen LogP contribution in [0.5, 0.6) is 0 Å². The number of hydrogen-bond donors (Lipinski definition) is 0. The van der Waals surface area contributed by atoms with E-state index in [1.165, 1.54) is 10.9 Å². The van der Waals surface area contributed by atoms with Gasteiger partial charge in [-0.15, -0.1) is 0 Å². The number of aromatic nitrogens is 1. The molecule has 0 fully saturated rings. The van der Waals surface area contributed by atoms with Crippen molar-refractivity contribution in [3.8, 4) is 6.07 Å². The van der Waals surface area contributed by atoms with Crippen LogP contribution >= 0.6 is 23.2 Å². The fourth-order valence-corrected chi connectivity index (χ4v) is 2.34. The molecule has 2 rings (SSSR count). The zero-order chi connectivity index (χ0) is 15.6. The molecule has 0 bridgehead atoms. The van der Waals surface area contributed by atoms with E-state index in [-0.39, 0.29) is 5.56 Å². The Kier molecular flexibility index (Phi) is 4.46. The molecule has 106 valence electrons. The fourth-order valence-electron chi connectivity index (χ4n) is 1.89. The summed E-state index contributed by atoms with van der Waals surface area (Å²) >= 11 is 11.9. The molecule has 1 aromatic heterocycles. The minimum atomic E-state index is -0.448. The summed E-state index contributed by atoms with van der Waals surface area (Å²) in [7, 11) is 0. The summed E-state index contributed by atoms with van der Waals surface area (Å²) in [6.07, 6.45) is 1.46. The van der Waals surface area contributed by atoms with Crippen molar-refractivity contribution < 1.29 is 0 Å². The Bertz CT molecular complexity index is 832. The molecule has 21 heavy (non-hydrogen) atoms. The molecular formula is C15H11Cl2N3O. The summed E-state index contributed by atoms with van der Waals surface area (Å²) in [6.45, 7) is 3.47.